The number of hydrogen-bond donors (Lipinski definition) is 1. The highest BCUT2D eigenvalue weighted by atomic mass is 19.4. The quantitative estimate of drug-likeness (QED) is 0.440. The summed E-state index contributed by atoms with van der Waals surface area (Å²) in [6.45, 7) is 0.303. The summed E-state index contributed by atoms with van der Waals surface area (Å²) in [5.41, 5.74) is 7.08. The number of methoxy groups -OCH3 is 1. The summed E-state index contributed by atoms with van der Waals surface area (Å²) in [6.07, 6.45) is -4.66. The van der Waals surface area contributed by atoms with E-state index in [1.807, 2.05) is 18.2 Å². The lowest BCUT2D eigenvalue weighted by atomic mass is 10.0. The molecule has 1 heterocycles. The van der Waals surface area contributed by atoms with E-state index in [0.717, 1.165) is 23.1 Å². The average Bonchev–Trinajstić information content (AvgIpc) is 3.00. The second-order valence-corrected chi connectivity index (χ2v) is 7.28. The molecule has 2 N–H and O–H groups in total. The minimum absolute atomic E-state index is 0.0283. The third-order valence-electron chi connectivity index (χ3n) is 5.16. The van der Waals surface area contributed by atoms with E-state index in [-0.39, 0.29) is 12.1 Å². The SMILES string of the molecule is COCc1ccc2c3c(C(N)=O)cccc3n(Cc3cc(F)cc(C(F)(F)F)c3)c2c1. The molecule has 0 saturated carbocycles. The number of aromatic nitrogens is 1. The van der Waals surface area contributed by atoms with Gasteiger partial charge in [-0.3, -0.25) is 4.79 Å². The van der Waals surface area contributed by atoms with Gasteiger partial charge in [0.05, 0.1) is 17.7 Å². The lowest BCUT2D eigenvalue weighted by Crippen LogP contribution is -2.11. The molecule has 4 nitrogen and oxygen atoms in total. The van der Waals surface area contributed by atoms with Crippen LogP contribution in [0.2, 0.25) is 0 Å². The molecule has 0 unspecified atom stereocenters. The maximum Gasteiger partial charge on any atom is 0.416 e. The molecule has 0 aliphatic rings. The van der Waals surface area contributed by atoms with Crippen molar-refractivity contribution in [1.29, 1.82) is 0 Å². The number of fused-ring (bicyclic) bond motifs is 3. The molecule has 31 heavy (non-hydrogen) atoms. The number of rotatable bonds is 5. The zero-order chi connectivity index (χ0) is 22.3. The lowest BCUT2D eigenvalue weighted by molar-refractivity contribution is -0.137. The van der Waals surface area contributed by atoms with Crippen LogP contribution >= 0.6 is 0 Å². The molecule has 4 rings (SSSR count). The van der Waals surface area contributed by atoms with Crippen molar-refractivity contribution in [3.8, 4) is 0 Å². The average molecular weight is 430 g/mol. The number of carbonyl (C=O) groups excluding carboxylic acids is 1. The van der Waals surface area contributed by atoms with Crippen molar-refractivity contribution in [2.24, 2.45) is 5.73 Å². The molecule has 3 aromatic carbocycles. The first-order valence-electron chi connectivity index (χ1n) is 9.38. The summed E-state index contributed by atoms with van der Waals surface area (Å²) in [5.74, 6) is -1.58. The van der Waals surface area contributed by atoms with Crippen LogP contribution in [0.3, 0.4) is 0 Å². The normalized spacial score (nSPS) is 12.0. The van der Waals surface area contributed by atoms with Gasteiger partial charge in [-0.25, -0.2) is 4.39 Å². The number of alkyl halides is 3. The van der Waals surface area contributed by atoms with Gasteiger partial charge >= 0.3 is 6.18 Å². The van der Waals surface area contributed by atoms with E-state index >= 15 is 0 Å². The van der Waals surface area contributed by atoms with Crippen LogP contribution in [0.1, 0.15) is 27.0 Å². The van der Waals surface area contributed by atoms with Gasteiger partial charge in [-0.1, -0.05) is 18.2 Å². The first-order chi connectivity index (χ1) is 14.7. The number of carbonyl (C=O) groups is 1. The highest BCUT2D eigenvalue weighted by Crippen LogP contribution is 2.34. The Labute approximate surface area is 174 Å². The van der Waals surface area contributed by atoms with Crippen molar-refractivity contribution in [3.63, 3.8) is 0 Å². The van der Waals surface area contributed by atoms with Crippen molar-refractivity contribution in [2.75, 3.05) is 7.11 Å². The van der Waals surface area contributed by atoms with Gasteiger partial charge in [0.2, 0.25) is 5.91 Å². The minimum atomic E-state index is -4.66. The fraction of sp³-hybridized carbons (Fsp3) is 0.174. The molecule has 0 saturated heterocycles. The smallest absolute Gasteiger partial charge is 0.380 e. The van der Waals surface area contributed by atoms with Gasteiger partial charge in [0.15, 0.2) is 0 Å². The first kappa shape index (κ1) is 20.9. The molecule has 1 amide bonds. The molecule has 0 spiro atoms. The number of ether oxygens (including phenoxy) is 1. The monoisotopic (exact) mass is 430 g/mol. The number of amides is 1. The van der Waals surface area contributed by atoms with Crippen LogP contribution < -0.4 is 5.73 Å². The summed E-state index contributed by atoms with van der Waals surface area (Å²) < 4.78 is 60.4. The van der Waals surface area contributed by atoms with Crippen molar-refractivity contribution in [1.82, 2.24) is 4.57 Å². The largest absolute Gasteiger partial charge is 0.416 e. The third kappa shape index (κ3) is 3.86. The Morgan fingerprint density at radius 3 is 2.48 bits per heavy atom. The summed E-state index contributed by atoms with van der Waals surface area (Å²) in [5, 5.41) is 1.32. The zero-order valence-electron chi connectivity index (χ0n) is 16.5. The van der Waals surface area contributed by atoms with Crippen LogP contribution in [0.25, 0.3) is 21.8 Å². The second kappa shape index (κ2) is 7.70. The molecule has 8 heteroatoms. The Bertz CT molecular complexity index is 1310. The topological polar surface area (TPSA) is 57.2 Å². The Balaban J connectivity index is 1.98. The van der Waals surface area contributed by atoms with E-state index in [1.165, 1.54) is 0 Å². The van der Waals surface area contributed by atoms with E-state index in [4.69, 9.17) is 10.5 Å². The lowest BCUT2D eigenvalue weighted by Gasteiger charge is -2.12. The number of benzene rings is 3. The second-order valence-electron chi connectivity index (χ2n) is 7.28. The molecule has 0 radical (unpaired) electrons. The van der Waals surface area contributed by atoms with Crippen LogP contribution in [0.4, 0.5) is 17.6 Å². The van der Waals surface area contributed by atoms with Crippen molar-refractivity contribution in [3.05, 3.63) is 82.7 Å². The molecule has 0 aliphatic carbocycles. The maximum atomic E-state index is 14.0. The fourth-order valence-corrected chi connectivity index (χ4v) is 3.91. The van der Waals surface area contributed by atoms with Crippen molar-refractivity contribution < 1.29 is 27.1 Å². The van der Waals surface area contributed by atoms with Crippen LogP contribution in [0.5, 0.6) is 0 Å². The van der Waals surface area contributed by atoms with Crippen LogP contribution in [-0.4, -0.2) is 17.6 Å². The van der Waals surface area contributed by atoms with E-state index in [2.05, 4.69) is 0 Å². The summed E-state index contributed by atoms with van der Waals surface area (Å²) in [7, 11) is 1.55. The molecule has 0 aliphatic heterocycles. The van der Waals surface area contributed by atoms with Gasteiger partial charge in [0.1, 0.15) is 5.82 Å². The molecule has 0 atom stereocenters. The van der Waals surface area contributed by atoms with Crippen LogP contribution in [0.15, 0.2) is 54.6 Å². The molecule has 0 bridgehead atoms. The van der Waals surface area contributed by atoms with Gasteiger partial charge in [-0.05, 0) is 47.5 Å². The number of nitrogens with two attached hydrogens (primary N) is 1. The predicted molar refractivity (Wildman–Crippen MR) is 109 cm³/mol. The molecule has 4 aromatic rings. The molecular weight excluding hydrogens is 412 g/mol. The first-order valence-corrected chi connectivity index (χ1v) is 9.38. The molecule has 1 aromatic heterocycles. The maximum absolute atomic E-state index is 14.0. The number of nitrogens with zero attached hydrogens (tertiary/aromatic N) is 1. The van der Waals surface area contributed by atoms with E-state index < -0.39 is 23.5 Å². The summed E-state index contributed by atoms with van der Waals surface area (Å²) in [6, 6.07) is 13.0. The Hall–Kier alpha value is -3.39. The van der Waals surface area contributed by atoms with Gasteiger partial charge in [0.25, 0.3) is 0 Å². The predicted octanol–water partition coefficient (Wildman–Crippen LogP) is 5.25. The summed E-state index contributed by atoms with van der Waals surface area (Å²) >= 11 is 0. The minimum Gasteiger partial charge on any atom is -0.380 e. The van der Waals surface area contributed by atoms with Gasteiger partial charge < -0.3 is 15.0 Å². The fourth-order valence-electron chi connectivity index (χ4n) is 3.91. The Morgan fingerprint density at radius 1 is 1.03 bits per heavy atom. The Kier molecular flexibility index (Phi) is 5.18. The summed E-state index contributed by atoms with van der Waals surface area (Å²) in [4.78, 5) is 12.0. The van der Waals surface area contributed by atoms with Crippen LogP contribution in [0, 0.1) is 5.82 Å². The zero-order valence-corrected chi connectivity index (χ0v) is 16.5. The van der Waals surface area contributed by atoms with Gasteiger partial charge in [0, 0.05) is 35.5 Å². The highest BCUT2D eigenvalue weighted by molar-refractivity contribution is 6.17. The van der Waals surface area contributed by atoms with E-state index in [0.29, 0.717) is 34.7 Å². The van der Waals surface area contributed by atoms with Crippen molar-refractivity contribution >= 4 is 27.7 Å². The number of hydrogen-bond acceptors (Lipinski definition) is 2. The highest BCUT2D eigenvalue weighted by Gasteiger charge is 2.31. The Morgan fingerprint density at radius 2 is 1.81 bits per heavy atom. The van der Waals surface area contributed by atoms with E-state index in [1.54, 1.807) is 29.9 Å². The van der Waals surface area contributed by atoms with Crippen LogP contribution in [-0.2, 0) is 24.1 Å². The number of halogens is 4. The molecule has 160 valence electrons. The third-order valence-corrected chi connectivity index (χ3v) is 5.16. The molecule has 0 fully saturated rings. The van der Waals surface area contributed by atoms with Gasteiger partial charge in [-0.2, -0.15) is 13.2 Å². The van der Waals surface area contributed by atoms with Crippen molar-refractivity contribution in [2.45, 2.75) is 19.3 Å². The number of primary amides is 1. The molecular formula is C23H18F4N2O2. The standard InChI is InChI=1S/C23H18F4N2O2/c1-31-12-13-5-6-17-20(9-13)29(19-4-2-3-18(21(17)19)22(28)30)11-14-7-15(23(25,26)27)10-16(24)8-14/h2-10H,11-12H2,1H3,(H2,28,30). The van der Waals surface area contributed by atoms with Gasteiger partial charge in [-0.15, -0.1) is 0 Å². The van der Waals surface area contributed by atoms with E-state index in [9.17, 15) is 22.4 Å².